The van der Waals surface area contributed by atoms with Gasteiger partial charge in [0.2, 0.25) is 5.91 Å². The van der Waals surface area contributed by atoms with E-state index in [0.29, 0.717) is 22.8 Å². The zero-order valence-corrected chi connectivity index (χ0v) is 13.6. The summed E-state index contributed by atoms with van der Waals surface area (Å²) in [6, 6.07) is 8.76. The summed E-state index contributed by atoms with van der Waals surface area (Å²) in [7, 11) is 1.52. The first-order chi connectivity index (χ1) is 11.6. The fourth-order valence-electron chi connectivity index (χ4n) is 2.35. The number of amides is 2. The van der Waals surface area contributed by atoms with Crippen LogP contribution >= 0.6 is 0 Å². The van der Waals surface area contributed by atoms with Gasteiger partial charge in [0.15, 0.2) is 0 Å². The maximum Gasteiger partial charge on any atom is 0.259 e. The monoisotopic (exact) mass is 325 g/mol. The lowest BCUT2D eigenvalue weighted by Crippen LogP contribution is -2.16. The highest BCUT2D eigenvalue weighted by Gasteiger charge is 2.29. The van der Waals surface area contributed by atoms with Crippen LogP contribution in [0.5, 0.6) is 5.75 Å². The largest absolute Gasteiger partial charge is 0.496 e. The molecule has 2 N–H and O–H groups in total. The Morgan fingerprint density at radius 3 is 2.62 bits per heavy atom. The van der Waals surface area contributed by atoms with Gasteiger partial charge in [0.25, 0.3) is 5.91 Å². The Balaban J connectivity index is 1.72. The molecular formula is C18H19N3O3. The fourth-order valence-corrected chi connectivity index (χ4v) is 2.35. The predicted octanol–water partition coefficient (Wildman–Crippen LogP) is 3.00. The van der Waals surface area contributed by atoms with Crippen LogP contribution in [0.3, 0.4) is 0 Å². The first-order valence-corrected chi connectivity index (χ1v) is 7.80. The number of benzene rings is 1. The number of nitrogens with one attached hydrogen (secondary N) is 2. The normalized spacial score (nSPS) is 13.2. The third-order valence-electron chi connectivity index (χ3n) is 3.91. The van der Waals surface area contributed by atoms with E-state index >= 15 is 0 Å². The number of carbonyl (C=O) groups excluding carboxylic acids is 2. The minimum Gasteiger partial charge on any atom is -0.496 e. The van der Waals surface area contributed by atoms with Crippen molar-refractivity contribution in [3.8, 4) is 5.75 Å². The lowest BCUT2D eigenvalue weighted by Gasteiger charge is -2.12. The van der Waals surface area contributed by atoms with Gasteiger partial charge >= 0.3 is 0 Å². The van der Waals surface area contributed by atoms with Gasteiger partial charge in [-0.1, -0.05) is 12.1 Å². The number of aryl methyl sites for hydroxylation is 1. The van der Waals surface area contributed by atoms with Crippen molar-refractivity contribution in [3.63, 3.8) is 0 Å². The Kier molecular flexibility index (Phi) is 4.46. The van der Waals surface area contributed by atoms with Crippen molar-refractivity contribution in [1.29, 1.82) is 0 Å². The molecule has 6 heteroatoms. The van der Waals surface area contributed by atoms with Crippen LogP contribution in [0.1, 0.15) is 28.8 Å². The quantitative estimate of drug-likeness (QED) is 0.885. The minimum atomic E-state index is -0.271. The van der Waals surface area contributed by atoms with Crippen LogP contribution in [-0.2, 0) is 4.79 Å². The Hall–Kier alpha value is -2.89. The molecule has 1 saturated carbocycles. The molecule has 124 valence electrons. The van der Waals surface area contributed by atoms with Crippen LogP contribution in [-0.4, -0.2) is 23.9 Å². The van der Waals surface area contributed by atoms with E-state index in [9.17, 15) is 9.59 Å². The second-order valence-corrected chi connectivity index (χ2v) is 5.80. The summed E-state index contributed by atoms with van der Waals surface area (Å²) in [6.45, 7) is 1.85. The molecule has 1 aromatic carbocycles. The molecule has 24 heavy (non-hydrogen) atoms. The van der Waals surface area contributed by atoms with E-state index in [-0.39, 0.29) is 17.7 Å². The number of aromatic nitrogens is 1. The lowest BCUT2D eigenvalue weighted by atomic mass is 10.1. The molecule has 3 rings (SSSR count). The van der Waals surface area contributed by atoms with Crippen LogP contribution < -0.4 is 15.4 Å². The van der Waals surface area contributed by atoms with Gasteiger partial charge in [-0.05, 0) is 43.5 Å². The fraction of sp³-hybridized carbons (Fsp3) is 0.278. The molecule has 0 radical (unpaired) electrons. The third-order valence-corrected chi connectivity index (χ3v) is 3.91. The first kappa shape index (κ1) is 16.0. The number of methoxy groups -OCH3 is 1. The smallest absolute Gasteiger partial charge is 0.259 e. The van der Waals surface area contributed by atoms with Crippen molar-refractivity contribution in [2.24, 2.45) is 5.92 Å². The van der Waals surface area contributed by atoms with Crippen molar-refractivity contribution in [2.45, 2.75) is 19.8 Å². The molecule has 1 aromatic heterocycles. The molecule has 6 nitrogen and oxygen atoms in total. The van der Waals surface area contributed by atoms with Gasteiger partial charge in [0.1, 0.15) is 11.6 Å². The van der Waals surface area contributed by atoms with Crippen LogP contribution in [0.2, 0.25) is 0 Å². The summed E-state index contributed by atoms with van der Waals surface area (Å²) in [4.78, 5) is 28.4. The molecule has 0 saturated heterocycles. The van der Waals surface area contributed by atoms with Gasteiger partial charge in [-0.25, -0.2) is 4.98 Å². The van der Waals surface area contributed by atoms with E-state index in [1.165, 1.54) is 7.11 Å². The SMILES string of the molecule is COc1ccccc1C(=O)Nc1cnc(NC(=O)C2CC2)cc1C. The molecule has 2 amide bonds. The predicted molar refractivity (Wildman–Crippen MR) is 91.3 cm³/mol. The number of nitrogens with zero attached hydrogens (tertiary/aromatic N) is 1. The Bertz CT molecular complexity index is 785. The highest BCUT2D eigenvalue weighted by atomic mass is 16.5. The van der Waals surface area contributed by atoms with Crippen LogP contribution in [0.4, 0.5) is 11.5 Å². The number of pyridine rings is 1. The zero-order valence-electron chi connectivity index (χ0n) is 13.6. The second-order valence-electron chi connectivity index (χ2n) is 5.80. The Morgan fingerprint density at radius 2 is 1.96 bits per heavy atom. The Morgan fingerprint density at radius 1 is 1.21 bits per heavy atom. The molecule has 2 aromatic rings. The standard InChI is InChI=1S/C18H19N3O3/c1-11-9-16(21-17(22)12-7-8-12)19-10-14(11)20-18(23)13-5-3-4-6-15(13)24-2/h3-6,9-10,12H,7-8H2,1-2H3,(H,20,23)(H,19,21,22). The molecule has 1 fully saturated rings. The van der Waals surface area contributed by atoms with Crippen LogP contribution in [0.25, 0.3) is 0 Å². The maximum atomic E-state index is 12.4. The number of hydrogen-bond donors (Lipinski definition) is 2. The highest BCUT2D eigenvalue weighted by Crippen LogP contribution is 2.30. The molecule has 1 heterocycles. The summed E-state index contributed by atoms with van der Waals surface area (Å²) in [5, 5.41) is 5.62. The van der Waals surface area contributed by atoms with E-state index in [2.05, 4.69) is 15.6 Å². The average Bonchev–Trinajstić information content (AvgIpc) is 3.42. The van der Waals surface area contributed by atoms with Gasteiger partial charge in [-0.3, -0.25) is 9.59 Å². The summed E-state index contributed by atoms with van der Waals surface area (Å²) in [5.41, 5.74) is 1.86. The van der Waals surface area contributed by atoms with Gasteiger partial charge in [-0.15, -0.1) is 0 Å². The lowest BCUT2D eigenvalue weighted by molar-refractivity contribution is -0.117. The summed E-state index contributed by atoms with van der Waals surface area (Å²) >= 11 is 0. The second kappa shape index (κ2) is 6.70. The molecule has 0 bridgehead atoms. The summed E-state index contributed by atoms with van der Waals surface area (Å²) in [6.07, 6.45) is 3.43. The first-order valence-electron chi connectivity index (χ1n) is 7.80. The molecular weight excluding hydrogens is 306 g/mol. The number of hydrogen-bond acceptors (Lipinski definition) is 4. The van der Waals surface area contributed by atoms with Crippen molar-refractivity contribution in [2.75, 3.05) is 17.7 Å². The third kappa shape index (κ3) is 3.53. The molecule has 0 atom stereocenters. The molecule has 1 aliphatic rings. The van der Waals surface area contributed by atoms with Crippen LogP contribution in [0.15, 0.2) is 36.5 Å². The highest BCUT2D eigenvalue weighted by molar-refractivity contribution is 6.06. The van der Waals surface area contributed by atoms with Gasteiger partial charge in [0, 0.05) is 5.92 Å². The van der Waals surface area contributed by atoms with E-state index in [1.54, 1.807) is 36.5 Å². The number of anilines is 2. The summed E-state index contributed by atoms with van der Waals surface area (Å²) < 4.78 is 5.20. The topological polar surface area (TPSA) is 80.3 Å². The van der Waals surface area contributed by atoms with E-state index in [4.69, 9.17) is 4.74 Å². The molecule has 0 unspecified atom stereocenters. The average molecular weight is 325 g/mol. The minimum absolute atomic E-state index is 0.00714. The van der Waals surface area contributed by atoms with Crippen molar-refractivity contribution in [3.05, 3.63) is 47.7 Å². The molecule has 0 spiro atoms. The van der Waals surface area contributed by atoms with E-state index in [1.807, 2.05) is 6.92 Å². The van der Waals surface area contributed by atoms with Gasteiger partial charge in [0.05, 0.1) is 24.6 Å². The van der Waals surface area contributed by atoms with Crippen LogP contribution in [0, 0.1) is 12.8 Å². The van der Waals surface area contributed by atoms with Gasteiger partial charge in [-0.2, -0.15) is 0 Å². The number of carbonyl (C=O) groups is 2. The Labute approximate surface area is 140 Å². The number of para-hydroxylation sites is 1. The number of rotatable bonds is 5. The van der Waals surface area contributed by atoms with Crippen molar-refractivity contribution in [1.82, 2.24) is 4.98 Å². The van der Waals surface area contributed by atoms with Crippen molar-refractivity contribution >= 4 is 23.3 Å². The zero-order chi connectivity index (χ0) is 17.1. The van der Waals surface area contributed by atoms with E-state index < -0.39 is 0 Å². The van der Waals surface area contributed by atoms with Gasteiger partial charge < -0.3 is 15.4 Å². The van der Waals surface area contributed by atoms with Crippen molar-refractivity contribution < 1.29 is 14.3 Å². The number of ether oxygens (including phenoxy) is 1. The molecule has 1 aliphatic carbocycles. The van der Waals surface area contributed by atoms with E-state index in [0.717, 1.165) is 18.4 Å². The maximum absolute atomic E-state index is 12.4. The molecule has 0 aliphatic heterocycles. The summed E-state index contributed by atoms with van der Waals surface area (Å²) in [5.74, 6) is 0.866.